The Hall–Kier alpha value is -1.89. The summed E-state index contributed by atoms with van der Waals surface area (Å²) in [6, 6.07) is 2.01. The zero-order valence-corrected chi connectivity index (χ0v) is 14.1. The molecule has 1 aromatic rings. The second-order valence-corrected chi connectivity index (χ2v) is 6.40. The van der Waals surface area contributed by atoms with E-state index in [1.165, 1.54) is 0 Å². The van der Waals surface area contributed by atoms with Crippen LogP contribution in [0.5, 0.6) is 0 Å². The summed E-state index contributed by atoms with van der Waals surface area (Å²) in [6.07, 6.45) is 1.71. The van der Waals surface area contributed by atoms with Crippen molar-refractivity contribution in [1.82, 2.24) is 9.97 Å². The Labute approximate surface area is 137 Å². The quantitative estimate of drug-likeness (QED) is 0.893. The zero-order valence-electron chi connectivity index (χ0n) is 14.1. The van der Waals surface area contributed by atoms with Crippen molar-refractivity contribution in [1.29, 1.82) is 0 Å². The molecule has 0 spiro atoms. The van der Waals surface area contributed by atoms with E-state index in [-0.39, 0.29) is 5.60 Å². The van der Waals surface area contributed by atoms with Crippen LogP contribution < -0.4 is 10.2 Å². The maximum absolute atomic E-state index is 5.53. The molecule has 126 valence electrons. The monoisotopic (exact) mass is 319 g/mol. The molecule has 0 saturated carbocycles. The lowest BCUT2D eigenvalue weighted by atomic mass is 10.0. The van der Waals surface area contributed by atoms with Crippen molar-refractivity contribution < 1.29 is 9.57 Å². The smallest absolute Gasteiger partial charge is 0.227 e. The molecule has 3 rings (SSSR count). The van der Waals surface area contributed by atoms with Crippen molar-refractivity contribution in [2.24, 2.45) is 5.16 Å². The van der Waals surface area contributed by atoms with Crippen LogP contribution in [0.2, 0.25) is 0 Å². The molecule has 0 amide bonds. The normalized spacial score (nSPS) is 24.3. The van der Waals surface area contributed by atoms with Crippen molar-refractivity contribution in [3.63, 3.8) is 0 Å². The van der Waals surface area contributed by atoms with E-state index in [0.717, 1.165) is 62.3 Å². The van der Waals surface area contributed by atoms with E-state index in [1.807, 2.05) is 13.0 Å². The third-order valence-corrected chi connectivity index (χ3v) is 4.12. The molecule has 1 N–H and O–H groups in total. The molecule has 1 fully saturated rings. The number of anilines is 2. The van der Waals surface area contributed by atoms with E-state index in [2.05, 4.69) is 39.2 Å². The Bertz CT molecular complexity index is 586. The highest BCUT2D eigenvalue weighted by Gasteiger charge is 2.32. The zero-order chi connectivity index (χ0) is 16.3. The highest BCUT2D eigenvalue weighted by molar-refractivity contribution is 5.83. The first-order valence-corrected chi connectivity index (χ1v) is 8.24. The molecule has 1 saturated heterocycles. The van der Waals surface area contributed by atoms with Crippen LogP contribution in [0.25, 0.3) is 0 Å². The van der Waals surface area contributed by atoms with Crippen LogP contribution in [-0.2, 0) is 16.0 Å². The molecule has 1 atom stereocenters. The van der Waals surface area contributed by atoms with Gasteiger partial charge in [0.2, 0.25) is 5.95 Å². The summed E-state index contributed by atoms with van der Waals surface area (Å²) in [7, 11) is 0. The van der Waals surface area contributed by atoms with Crippen molar-refractivity contribution >= 4 is 17.5 Å². The van der Waals surface area contributed by atoms with Gasteiger partial charge >= 0.3 is 0 Å². The van der Waals surface area contributed by atoms with Gasteiger partial charge in [0.1, 0.15) is 5.82 Å². The Morgan fingerprint density at radius 2 is 2.09 bits per heavy atom. The van der Waals surface area contributed by atoms with Gasteiger partial charge in [0, 0.05) is 31.3 Å². The fourth-order valence-electron chi connectivity index (χ4n) is 2.83. The number of hydrogen-bond donors (Lipinski definition) is 1. The van der Waals surface area contributed by atoms with Crippen molar-refractivity contribution in [3.05, 3.63) is 11.8 Å². The number of oxime groups is 1. The summed E-state index contributed by atoms with van der Waals surface area (Å²) in [5.41, 5.74) is 1.76. The van der Waals surface area contributed by atoms with E-state index in [1.54, 1.807) is 0 Å². The molecule has 2 aliphatic heterocycles. The summed E-state index contributed by atoms with van der Waals surface area (Å²) in [4.78, 5) is 17.0. The molecule has 0 radical (unpaired) electrons. The average molecular weight is 319 g/mol. The molecule has 0 unspecified atom stereocenters. The van der Waals surface area contributed by atoms with Gasteiger partial charge < -0.3 is 19.8 Å². The molecular weight excluding hydrogens is 294 g/mol. The Morgan fingerprint density at radius 1 is 1.30 bits per heavy atom. The van der Waals surface area contributed by atoms with Gasteiger partial charge in [0.25, 0.3) is 0 Å². The summed E-state index contributed by atoms with van der Waals surface area (Å²) in [5.74, 6) is 1.62. The van der Waals surface area contributed by atoms with Crippen LogP contribution in [0, 0.1) is 0 Å². The summed E-state index contributed by atoms with van der Waals surface area (Å²) >= 11 is 0. The van der Waals surface area contributed by atoms with E-state index >= 15 is 0 Å². The highest BCUT2D eigenvalue weighted by atomic mass is 16.7. The second-order valence-electron chi connectivity index (χ2n) is 6.40. The second kappa shape index (κ2) is 6.70. The number of morpholine rings is 1. The van der Waals surface area contributed by atoms with Crippen LogP contribution in [0.15, 0.2) is 11.2 Å². The number of aryl methyl sites for hydroxylation is 1. The SMILES string of the molecule is CCc1cc(NC[C@@]2(C)CC(C)=NO2)nc(N2CCOCC2)n1. The maximum Gasteiger partial charge on any atom is 0.227 e. The molecule has 1 aromatic heterocycles. The van der Waals surface area contributed by atoms with E-state index < -0.39 is 0 Å². The van der Waals surface area contributed by atoms with Gasteiger partial charge in [-0.05, 0) is 20.3 Å². The Kier molecular flexibility index (Phi) is 4.66. The van der Waals surface area contributed by atoms with Crippen LogP contribution >= 0.6 is 0 Å². The molecule has 7 heteroatoms. The average Bonchev–Trinajstić information content (AvgIpc) is 2.93. The van der Waals surface area contributed by atoms with Crippen LogP contribution in [0.1, 0.15) is 32.9 Å². The number of hydrogen-bond acceptors (Lipinski definition) is 7. The topological polar surface area (TPSA) is 71.9 Å². The number of ether oxygens (including phenoxy) is 1. The van der Waals surface area contributed by atoms with E-state index in [0.29, 0.717) is 6.54 Å². The minimum atomic E-state index is -0.305. The van der Waals surface area contributed by atoms with Crippen LogP contribution in [0.4, 0.5) is 11.8 Å². The first-order chi connectivity index (χ1) is 11.1. The Balaban J connectivity index is 1.71. The highest BCUT2D eigenvalue weighted by Crippen LogP contribution is 2.24. The van der Waals surface area contributed by atoms with Gasteiger partial charge in [-0.1, -0.05) is 12.1 Å². The third-order valence-electron chi connectivity index (χ3n) is 4.12. The molecule has 2 aliphatic rings. The minimum Gasteiger partial charge on any atom is -0.387 e. The van der Waals surface area contributed by atoms with Gasteiger partial charge in [-0.3, -0.25) is 0 Å². The largest absolute Gasteiger partial charge is 0.387 e. The Morgan fingerprint density at radius 3 is 2.74 bits per heavy atom. The van der Waals surface area contributed by atoms with Gasteiger partial charge in [-0.25, -0.2) is 4.98 Å². The predicted molar refractivity (Wildman–Crippen MR) is 90.1 cm³/mol. The maximum atomic E-state index is 5.53. The fraction of sp³-hybridized carbons (Fsp3) is 0.688. The van der Waals surface area contributed by atoms with Gasteiger partial charge in [-0.2, -0.15) is 4.98 Å². The predicted octanol–water partition coefficient (Wildman–Crippen LogP) is 1.84. The van der Waals surface area contributed by atoms with Crippen molar-refractivity contribution in [3.8, 4) is 0 Å². The van der Waals surface area contributed by atoms with E-state index in [9.17, 15) is 0 Å². The van der Waals surface area contributed by atoms with E-state index in [4.69, 9.17) is 9.57 Å². The molecule has 3 heterocycles. The summed E-state index contributed by atoms with van der Waals surface area (Å²) < 4.78 is 5.40. The molecule has 7 nitrogen and oxygen atoms in total. The molecular formula is C16H25N5O2. The minimum absolute atomic E-state index is 0.305. The first kappa shape index (κ1) is 16.0. The molecule has 0 aliphatic carbocycles. The van der Waals surface area contributed by atoms with Gasteiger partial charge in [0.05, 0.1) is 25.5 Å². The third kappa shape index (κ3) is 3.90. The first-order valence-electron chi connectivity index (χ1n) is 8.24. The lowest BCUT2D eigenvalue weighted by Gasteiger charge is -2.28. The lowest BCUT2D eigenvalue weighted by Crippen LogP contribution is -2.38. The lowest BCUT2D eigenvalue weighted by molar-refractivity contribution is 0.00746. The summed E-state index contributed by atoms with van der Waals surface area (Å²) in [5, 5.41) is 7.44. The molecule has 23 heavy (non-hydrogen) atoms. The van der Waals surface area contributed by atoms with Gasteiger partial charge in [-0.15, -0.1) is 0 Å². The van der Waals surface area contributed by atoms with Crippen molar-refractivity contribution in [2.75, 3.05) is 43.1 Å². The van der Waals surface area contributed by atoms with Crippen LogP contribution in [0.3, 0.4) is 0 Å². The van der Waals surface area contributed by atoms with Gasteiger partial charge in [0.15, 0.2) is 5.60 Å². The number of rotatable bonds is 5. The molecule has 0 aromatic carbocycles. The number of nitrogens with zero attached hydrogens (tertiary/aromatic N) is 4. The number of aromatic nitrogens is 2. The summed E-state index contributed by atoms with van der Waals surface area (Å²) in [6.45, 7) is 9.94. The molecule has 0 bridgehead atoms. The number of nitrogens with one attached hydrogen (secondary N) is 1. The van der Waals surface area contributed by atoms with Crippen molar-refractivity contribution in [2.45, 2.75) is 39.2 Å². The standard InChI is InChI=1S/C16H25N5O2/c1-4-13-9-14(17-11-16(3)10-12(2)20-23-16)19-15(18-13)21-5-7-22-8-6-21/h9H,4-8,10-11H2,1-3H3,(H,17,18,19)/t16-/m1/s1. The fourth-order valence-corrected chi connectivity index (χ4v) is 2.83. The van der Waals surface area contributed by atoms with Crippen LogP contribution in [-0.4, -0.2) is 54.1 Å².